The van der Waals surface area contributed by atoms with Crippen LogP contribution in [0.15, 0.2) is 176 Å². The number of fused-ring (bicyclic) bond motifs is 5. The van der Waals surface area contributed by atoms with E-state index >= 15 is 0 Å². The van der Waals surface area contributed by atoms with Crippen LogP contribution < -0.4 is 0 Å². The standard InChI is InChI=1S/C45H29N3/c1-3-12-30(13-4-1)35-17-11-18-36(28-35)42-29-41(32-15-5-2-6-16-32)47-45(48-42)34-24-22-33(23-25-34)44-39-27-26-31-14-7-8-19-37(31)43(39)38-20-9-10-21-40(38)46-44/h1-29H. The lowest BCUT2D eigenvalue weighted by Crippen LogP contribution is -1.96. The third kappa shape index (κ3) is 4.99. The summed E-state index contributed by atoms with van der Waals surface area (Å²) in [6, 6.07) is 61.4. The first kappa shape index (κ1) is 27.8. The normalized spacial score (nSPS) is 11.3. The first-order valence-corrected chi connectivity index (χ1v) is 16.2. The SMILES string of the molecule is c1ccc(-c2cccc(-c3cc(-c4ccccc4)nc(-c4ccc(-c5nc6ccccc6c6c5ccc5ccccc56)cc4)n3)c2)cc1. The molecule has 2 heterocycles. The van der Waals surface area contributed by atoms with Crippen molar-refractivity contribution in [2.75, 3.05) is 0 Å². The number of hydrogen-bond donors (Lipinski definition) is 0. The molecule has 0 fully saturated rings. The molecule has 0 amide bonds. The summed E-state index contributed by atoms with van der Waals surface area (Å²) < 4.78 is 0. The Morgan fingerprint density at radius 2 is 0.917 bits per heavy atom. The van der Waals surface area contributed by atoms with E-state index in [2.05, 4.69) is 152 Å². The van der Waals surface area contributed by atoms with Gasteiger partial charge >= 0.3 is 0 Å². The lowest BCUT2D eigenvalue weighted by Gasteiger charge is -2.13. The van der Waals surface area contributed by atoms with Crippen LogP contribution in [-0.2, 0) is 0 Å². The highest BCUT2D eigenvalue weighted by molar-refractivity contribution is 6.22. The Morgan fingerprint density at radius 1 is 0.312 bits per heavy atom. The Morgan fingerprint density at radius 3 is 1.71 bits per heavy atom. The van der Waals surface area contributed by atoms with Crippen molar-refractivity contribution in [3.05, 3.63) is 176 Å². The van der Waals surface area contributed by atoms with Crippen LogP contribution in [0.25, 0.3) is 88.7 Å². The number of rotatable bonds is 5. The monoisotopic (exact) mass is 611 g/mol. The van der Waals surface area contributed by atoms with Crippen molar-refractivity contribution < 1.29 is 0 Å². The third-order valence-corrected chi connectivity index (χ3v) is 9.07. The molecule has 0 aliphatic heterocycles. The van der Waals surface area contributed by atoms with Crippen molar-refractivity contribution >= 4 is 32.4 Å². The minimum Gasteiger partial charge on any atom is -0.247 e. The molecule has 0 N–H and O–H groups in total. The average molecular weight is 612 g/mol. The molecule has 3 heteroatoms. The van der Waals surface area contributed by atoms with E-state index in [4.69, 9.17) is 15.0 Å². The van der Waals surface area contributed by atoms with E-state index in [-0.39, 0.29) is 0 Å². The predicted octanol–water partition coefficient (Wildman–Crippen LogP) is 11.7. The van der Waals surface area contributed by atoms with Crippen LogP contribution in [0, 0.1) is 0 Å². The number of para-hydroxylation sites is 1. The lowest BCUT2D eigenvalue weighted by molar-refractivity contribution is 1.18. The number of aromatic nitrogens is 3. The molecule has 0 unspecified atom stereocenters. The van der Waals surface area contributed by atoms with Gasteiger partial charge in [-0.05, 0) is 40.1 Å². The van der Waals surface area contributed by atoms with E-state index in [1.54, 1.807) is 0 Å². The van der Waals surface area contributed by atoms with Gasteiger partial charge in [0, 0.05) is 38.4 Å². The fourth-order valence-electron chi connectivity index (χ4n) is 6.69. The number of nitrogens with zero attached hydrogens (tertiary/aromatic N) is 3. The molecule has 3 nitrogen and oxygen atoms in total. The van der Waals surface area contributed by atoms with Crippen LogP contribution >= 0.6 is 0 Å². The Balaban J connectivity index is 1.18. The smallest absolute Gasteiger partial charge is 0.160 e. The molecule has 0 saturated heterocycles. The summed E-state index contributed by atoms with van der Waals surface area (Å²) in [6.45, 7) is 0. The molecular weight excluding hydrogens is 583 g/mol. The summed E-state index contributed by atoms with van der Waals surface area (Å²) in [5.41, 5.74) is 10.2. The molecule has 2 aromatic heterocycles. The van der Waals surface area contributed by atoms with E-state index in [9.17, 15) is 0 Å². The molecule has 0 bridgehead atoms. The highest BCUT2D eigenvalue weighted by Gasteiger charge is 2.15. The quantitative estimate of drug-likeness (QED) is 0.182. The minimum absolute atomic E-state index is 0.685. The second-order valence-corrected chi connectivity index (χ2v) is 12.0. The molecule has 0 saturated carbocycles. The van der Waals surface area contributed by atoms with Gasteiger partial charge in [-0.15, -0.1) is 0 Å². The van der Waals surface area contributed by atoms with E-state index in [1.165, 1.54) is 27.1 Å². The van der Waals surface area contributed by atoms with Gasteiger partial charge in [0.15, 0.2) is 5.82 Å². The van der Waals surface area contributed by atoms with Gasteiger partial charge in [0.1, 0.15) is 0 Å². The van der Waals surface area contributed by atoms with Crippen molar-refractivity contribution in [3.63, 3.8) is 0 Å². The molecule has 9 aromatic rings. The highest BCUT2D eigenvalue weighted by atomic mass is 14.9. The summed E-state index contributed by atoms with van der Waals surface area (Å²) >= 11 is 0. The Kier molecular flexibility index (Phi) is 6.80. The zero-order chi connectivity index (χ0) is 31.9. The van der Waals surface area contributed by atoms with Crippen molar-refractivity contribution in [1.29, 1.82) is 0 Å². The number of benzene rings is 7. The fourth-order valence-corrected chi connectivity index (χ4v) is 6.69. The molecule has 0 spiro atoms. The van der Waals surface area contributed by atoms with Gasteiger partial charge in [0.25, 0.3) is 0 Å². The Hall–Kier alpha value is -6.45. The van der Waals surface area contributed by atoms with Crippen molar-refractivity contribution in [1.82, 2.24) is 15.0 Å². The van der Waals surface area contributed by atoms with Crippen LogP contribution in [-0.4, -0.2) is 15.0 Å². The maximum Gasteiger partial charge on any atom is 0.160 e. The van der Waals surface area contributed by atoms with Gasteiger partial charge in [-0.25, -0.2) is 15.0 Å². The van der Waals surface area contributed by atoms with E-state index in [0.717, 1.165) is 55.8 Å². The number of pyridine rings is 1. The maximum absolute atomic E-state index is 5.19. The second-order valence-electron chi connectivity index (χ2n) is 12.0. The molecule has 0 aliphatic carbocycles. The molecule has 0 radical (unpaired) electrons. The van der Waals surface area contributed by atoms with Crippen molar-refractivity contribution in [2.24, 2.45) is 0 Å². The second kappa shape index (κ2) is 11.7. The van der Waals surface area contributed by atoms with Crippen molar-refractivity contribution in [2.45, 2.75) is 0 Å². The molecule has 0 atom stereocenters. The zero-order valence-electron chi connectivity index (χ0n) is 26.1. The molecular formula is C45H29N3. The molecule has 0 aliphatic rings. The molecule has 48 heavy (non-hydrogen) atoms. The minimum atomic E-state index is 0.685. The first-order valence-electron chi connectivity index (χ1n) is 16.2. The van der Waals surface area contributed by atoms with Crippen LogP contribution in [0.1, 0.15) is 0 Å². The van der Waals surface area contributed by atoms with Crippen LogP contribution in [0.5, 0.6) is 0 Å². The predicted molar refractivity (Wildman–Crippen MR) is 200 cm³/mol. The van der Waals surface area contributed by atoms with Gasteiger partial charge in [0.05, 0.1) is 22.6 Å². The topological polar surface area (TPSA) is 38.7 Å². The third-order valence-electron chi connectivity index (χ3n) is 9.07. The fraction of sp³-hybridized carbons (Fsp3) is 0. The van der Waals surface area contributed by atoms with Gasteiger partial charge in [-0.2, -0.15) is 0 Å². The number of hydrogen-bond acceptors (Lipinski definition) is 3. The Labute approximate surface area is 278 Å². The summed E-state index contributed by atoms with van der Waals surface area (Å²) in [6.07, 6.45) is 0. The Bertz CT molecular complexity index is 2580. The molecule has 9 rings (SSSR count). The lowest BCUT2D eigenvalue weighted by atomic mass is 9.95. The van der Waals surface area contributed by atoms with E-state index in [1.807, 2.05) is 24.3 Å². The van der Waals surface area contributed by atoms with Gasteiger partial charge < -0.3 is 0 Å². The summed E-state index contributed by atoms with van der Waals surface area (Å²) in [7, 11) is 0. The first-order chi connectivity index (χ1) is 23.8. The molecule has 7 aromatic carbocycles. The summed E-state index contributed by atoms with van der Waals surface area (Å²) in [4.78, 5) is 15.4. The van der Waals surface area contributed by atoms with Crippen LogP contribution in [0.2, 0.25) is 0 Å². The largest absolute Gasteiger partial charge is 0.247 e. The van der Waals surface area contributed by atoms with Gasteiger partial charge in [0.2, 0.25) is 0 Å². The maximum atomic E-state index is 5.19. The van der Waals surface area contributed by atoms with E-state index in [0.29, 0.717) is 5.82 Å². The van der Waals surface area contributed by atoms with E-state index < -0.39 is 0 Å². The molecule has 224 valence electrons. The summed E-state index contributed by atoms with van der Waals surface area (Å²) in [5, 5.41) is 6.01. The average Bonchev–Trinajstić information content (AvgIpc) is 3.18. The van der Waals surface area contributed by atoms with Gasteiger partial charge in [-0.1, -0.05) is 158 Å². The van der Waals surface area contributed by atoms with Gasteiger partial charge in [-0.3, -0.25) is 0 Å². The van der Waals surface area contributed by atoms with Crippen LogP contribution in [0.4, 0.5) is 0 Å². The van der Waals surface area contributed by atoms with Crippen LogP contribution in [0.3, 0.4) is 0 Å². The highest BCUT2D eigenvalue weighted by Crippen LogP contribution is 2.38. The summed E-state index contributed by atoms with van der Waals surface area (Å²) in [5.74, 6) is 0.685. The van der Waals surface area contributed by atoms with Crippen molar-refractivity contribution in [3.8, 4) is 56.3 Å². The zero-order valence-corrected chi connectivity index (χ0v) is 26.1.